The molecule has 1 fully saturated rings. The Morgan fingerprint density at radius 2 is 1.70 bits per heavy atom. The number of hydrogen-bond acceptors (Lipinski definition) is 2. The van der Waals surface area contributed by atoms with Crippen molar-refractivity contribution in [2.45, 2.75) is 51.0 Å². The lowest BCUT2D eigenvalue weighted by atomic mass is 9.97. The summed E-state index contributed by atoms with van der Waals surface area (Å²) in [4.78, 5) is 0. The Kier molecular flexibility index (Phi) is 13.5. The Labute approximate surface area is 125 Å². The molecule has 0 amide bonds. The summed E-state index contributed by atoms with van der Waals surface area (Å²) in [6.45, 7) is 7.11. The second-order valence-corrected chi connectivity index (χ2v) is 5.09. The molecule has 0 radical (unpaired) electrons. The van der Waals surface area contributed by atoms with E-state index in [-0.39, 0.29) is 0 Å². The third kappa shape index (κ3) is 10.8. The van der Waals surface area contributed by atoms with E-state index in [0.717, 1.165) is 6.54 Å². The van der Waals surface area contributed by atoms with E-state index in [4.69, 9.17) is 5.73 Å². The van der Waals surface area contributed by atoms with E-state index in [0.29, 0.717) is 6.04 Å². The van der Waals surface area contributed by atoms with Crippen molar-refractivity contribution in [1.82, 2.24) is 5.32 Å². The highest BCUT2D eigenvalue weighted by atomic mass is 14.8. The molecular weight excluding hydrogens is 244 g/mol. The first-order chi connectivity index (χ1) is 9.83. The quantitative estimate of drug-likeness (QED) is 0.646. The highest BCUT2D eigenvalue weighted by Crippen LogP contribution is 2.14. The van der Waals surface area contributed by atoms with E-state index < -0.39 is 0 Å². The predicted octanol–water partition coefficient (Wildman–Crippen LogP) is 3.92. The van der Waals surface area contributed by atoms with Crippen LogP contribution >= 0.6 is 0 Å². The summed E-state index contributed by atoms with van der Waals surface area (Å²) >= 11 is 0. The lowest BCUT2D eigenvalue weighted by Gasteiger charge is -2.15. The van der Waals surface area contributed by atoms with Gasteiger partial charge in [0.1, 0.15) is 0 Å². The zero-order chi connectivity index (χ0) is 15.1. The largest absolute Gasteiger partial charge is 0.328 e. The van der Waals surface area contributed by atoms with Gasteiger partial charge < -0.3 is 11.1 Å². The van der Waals surface area contributed by atoms with Crippen LogP contribution in [0.1, 0.15) is 44.1 Å². The molecule has 114 valence electrons. The van der Waals surface area contributed by atoms with Gasteiger partial charge in [-0.2, -0.15) is 0 Å². The second kappa shape index (κ2) is 14.3. The van der Waals surface area contributed by atoms with Crippen LogP contribution in [0.3, 0.4) is 0 Å². The number of rotatable bonds is 4. The van der Waals surface area contributed by atoms with Crippen molar-refractivity contribution in [3.05, 3.63) is 49.1 Å². The van der Waals surface area contributed by atoms with E-state index in [1.165, 1.54) is 50.5 Å². The average Bonchev–Trinajstić information content (AvgIpc) is 2.52. The first-order valence-corrected chi connectivity index (χ1v) is 7.77. The van der Waals surface area contributed by atoms with Crippen LogP contribution < -0.4 is 11.1 Å². The minimum absolute atomic E-state index is 0.536. The lowest BCUT2D eigenvalue weighted by Crippen LogP contribution is -2.22. The molecule has 0 spiro atoms. The van der Waals surface area contributed by atoms with Crippen LogP contribution in [0.25, 0.3) is 0 Å². The third-order valence-electron chi connectivity index (χ3n) is 3.38. The van der Waals surface area contributed by atoms with Crippen LogP contribution in [-0.2, 0) is 6.42 Å². The zero-order valence-corrected chi connectivity index (χ0v) is 13.1. The maximum absolute atomic E-state index is 5.63. The molecule has 0 heterocycles. The Morgan fingerprint density at radius 3 is 2.15 bits per heavy atom. The predicted molar refractivity (Wildman–Crippen MR) is 91.0 cm³/mol. The molecule has 0 saturated heterocycles. The van der Waals surface area contributed by atoms with Crippen LogP contribution in [0.4, 0.5) is 0 Å². The molecule has 2 rings (SSSR count). The summed E-state index contributed by atoms with van der Waals surface area (Å²) in [5.41, 5.74) is 7.07. The first kappa shape index (κ1) is 18.9. The van der Waals surface area contributed by atoms with Crippen LogP contribution in [0.2, 0.25) is 0 Å². The van der Waals surface area contributed by atoms with Crippen LogP contribution in [0.15, 0.2) is 43.5 Å². The van der Waals surface area contributed by atoms with Crippen molar-refractivity contribution in [2.24, 2.45) is 5.73 Å². The molecule has 1 aromatic carbocycles. The van der Waals surface area contributed by atoms with Gasteiger partial charge in [-0.15, -0.1) is 13.2 Å². The van der Waals surface area contributed by atoms with Crippen LogP contribution in [-0.4, -0.2) is 19.6 Å². The lowest BCUT2D eigenvalue weighted by molar-refractivity contribution is 0.441. The minimum atomic E-state index is 0.536. The summed E-state index contributed by atoms with van der Waals surface area (Å²) in [6.07, 6.45) is 9.07. The fourth-order valence-corrected chi connectivity index (χ4v) is 2.25. The summed E-state index contributed by atoms with van der Waals surface area (Å²) in [5, 5.41) is 3.14. The SMILES string of the molecule is C=C.CNCCCc1ccccc1.NC1CCCCC1. The Hall–Kier alpha value is -1.12. The van der Waals surface area contributed by atoms with Gasteiger partial charge in [-0.25, -0.2) is 0 Å². The van der Waals surface area contributed by atoms with Crippen molar-refractivity contribution < 1.29 is 0 Å². The summed E-state index contributed by atoms with van der Waals surface area (Å²) < 4.78 is 0. The fourth-order valence-electron chi connectivity index (χ4n) is 2.25. The van der Waals surface area contributed by atoms with Crippen molar-refractivity contribution in [3.8, 4) is 0 Å². The Morgan fingerprint density at radius 1 is 1.10 bits per heavy atom. The molecule has 1 aromatic rings. The molecule has 1 aliphatic rings. The maximum Gasteiger partial charge on any atom is 0.00388 e. The van der Waals surface area contributed by atoms with Crippen LogP contribution in [0, 0.1) is 0 Å². The van der Waals surface area contributed by atoms with Gasteiger partial charge in [-0.1, -0.05) is 49.6 Å². The van der Waals surface area contributed by atoms with Crippen molar-refractivity contribution in [1.29, 1.82) is 0 Å². The molecule has 0 unspecified atom stereocenters. The standard InChI is InChI=1S/C10H15N.C6H13N.C2H4/c1-11-9-5-8-10-6-3-2-4-7-10;7-6-4-2-1-3-5-6;1-2/h2-4,6-7,11H,5,8-9H2,1H3;6H,1-5,7H2;1-2H2. The summed E-state index contributed by atoms with van der Waals surface area (Å²) in [6, 6.07) is 11.1. The van der Waals surface area contributed by atoms with Gasteiger partial charge in [0.15, 0.2) is 0 Å². The van der Waals surface area contributed by atoms with Crippen molar-refractivity contribution in [3.63, 3.8) is 0 Å². The fraction of sp³-hybridized carbons (Fsp3) is 0.556. The van der Waals surface area contributed by atoms with E-state index in [1.54, 1.807) is 0 Å². The van der Waals surface area contributed by atoms with Gasteiger partial charge in [0.25, 0.3) is 0 Å². The topological polar surface area (TPSA) is 38.0 Å². The number of benzene rings is 1. The van der Waals surface area contributed by atoms with Gasteiger partial charge >= 0.3 is 0 Å². The van der Waals surface area contributed by atoms with Crippen molar-refractivity contribution in [2.75, 3.05) is 13.6 Å². The molecule has 3 N–H and O–H groups in total. The number of nitrogens with two attached hydrogens (primary N) is 1. The molecule has 0 aliphatic heterocycles. The average molecular weight is 276 g/mol. The zero-order valence-electron chi connectivity index (χ0n) is 13.1. The Balaban J connectivity index is 0.000000345. The monoisotopic (exact) mass is 276 g/mol. The van der Waals surface area contributed by atoms with Gasteiger partial charge in [0.05, 0.1) is 0 Å². The molecule has 0 atom stereocenters. The third-order valence-corrected chi connectivity index (χ3v) is 3.38. The first-order valence-electron chi connectivity index (χ1n) is 7.77. The highest BCUT2D eigenvalue weighted by Gasteiger charge is 2.06. The normalized spacial score (nSPS) is 14.5. The van der Waals surface area contributed by atoms with Crippen molar-refractivity contribution >= 4 is 0 Å². The second-order valence-electron chi connectivity index (χ2n) is 5.09. The number of aryl methyl sites for hydroxylation is 1. The molecule has 1 aliphatic carbocycles. The molecule has 0 bridgehead atoms. The smallest absolute Gasteiger partial charge is 0.00388 e. The molecule has 20 heavy (non-hydrogen) atoms. The Bertz CT molecular complexity index is 292. The van der Waals surface area contributed by atoms with E-state index in [1.807, 2.05) is 7.05 Å². The minimum Gasteiger partial charge on any atom is -0.328 e. The summed E-state index contributed by atoms with van der Waals surface area (Å²) in [7, 11) is 1.99. The maximum atomic E-state index is 5.63. The molecular formula is C18H32N2. The van der Waals surface area contributed by atoms with E-state index in [9.17, 15) is 0 Å². The molecule has 2 heteroatoms. The van der Waals surface area contributed by atoms with E-state index in [2.05, 4.69) is 48.8 Å². The molecule has 0 aromatic heterocycles. The van der Waals surface area contributed by atoms with E-state index >= 15 is 0 Å². The van der Waals surface area contributed by atoms with Gasteiger partial charge in [-0.05, 0) is 44.8 Å². The summed E-state index contributed by atoms with van der Waals surface area (Å²) in [5.74, 6) is 0. The molecule has 1 saturated carbocycles. The van der Waals surface area contributed by atoms with Gasteiger partial charge in [-0.3, -0.25) is 0 Å². The van der Waals surface area contributed by atoms with Gasteiger partial charge in [0, 0.05) is 6.04 Å². The highest BCUT2D eigenvalue weighted by molar-refractivity contribution is 5.14. The molecule has 2 nitrogen and oxygen atoms in total. The van der Waals surface area contributed by atoms with Crippen LogP contribution in [0.5, 0.6) is 0 Å². The number of nitrogens with one attached hydrogen (secondary N) is 1. The van der Waals surface area contributed by atoms with Gasteiger partial charge in [0.2, 0.25) is 0 Å². The number of hydrogen-bond donors (Lipinski definition) is 2.